The van der Waals surface area contributed by atoms with Gasteiger partial charge in [-0.3, -0.25) is 9.10 Å². The Hall–Kier alpha value is -3.32. The highest BCUT2D eigenvalue weighted by Crippen LogP contribution is 2.38. The van der Waals surface area contributed by atoms with Gasteiger partial charge in [-0.15, -0.1) is 0 Å². The lowest BCUT2D eigenvalue weighted by Crippen LogP contribution is -2.51. The Kier molecular flexibility index (Phi) is 6.28. The van der Waals surface area contributed by atoms with Crippen molar-refractivity contribution in [1.82, 2.24) is 5.32 Å². The van der Waals surface area contributed by atoms with Crippen LogP contribution in [-0.4, -0.2) is 27.0 Å². The van der Waals surface area contributed by atoms with Gasteiger partial charge in [0.15, 0.2) is 6.10 Å². The standard InChI is InChI=1S/C28H30N2O4S/c1-19-12-15-25-26(16-19)34-27(18-30(25)35(32,33)24-10-4-3-5-11-24)28(31)29-20(2)22-14-13-21-8-6-7-9-23(21)17-22/h3-5,10-17,20,27H,6-9,18H2,1-2H3,(H,29,31)/t20-,27+/m0/s1. The van der Waals surface area contributed by atoms with E-state index in [4.69, 9.17) is 4.74 Å². The summed E-state index contributed by atoms with van der Waals surface area (Å²) in [5.74, 6) is 0.0491. The lowest BCUT2D eigenvalue weighted by molar-refractivity contribution is -0.128. The summed E-state index contributed by atoms with van der Waals surface area (Å²) in [5.41, 5.74) is 5.14. The molecule has 0 fully saturated rings. The molecule has 3 aromatic rings. The van der Waals surface area contributed by atoms with E-state index in [9.17, 15) is 13.2 Å². The largest absolute Gasteiger partial charge is 0.476 e. The molecule has 0 saturated carbocycles. The van der Waals surface area contributed by atoms with Crippen molar-refractivity contribution >= 4 is 21.6 Å². The molecule has 2 atom stereocenters. The lowest BCUT2D eigenvalue weighted by Gasteiger charge is -2.35. The number of fused-ring (bicyclic) bond motifs is 2. The second kappa shape index (κ2) is 9.38. The van der Waals surface area contributed by atoms with Crippen molar-refractivity contribution in [1.29, 1.82) is 0 Å². The summed E-state index contributed by atoms with van der Waals surface area (Å²) < 4.78 is 34.4. The maximum Gasteiger partial charge on any atom is 0.264 e. The predicted octanol–water partition coefficient (Wildman–Crippen LogP) is 4.71. The van der Waals surface area contributed by atoms with Crippen molar-refractivity contribution in [3.63, 3.8) is 0 Å². The molecule has 5 rings (SSSR count). The Bertz CT molecular complexity index is 1350. The molecular formula is C28H30N2O4S. The maximum atomic E-state index is 13.5. The van der Waals surface area contributed by atoms with Crippen LogP contribution in [-0.2, 0) is 27.7 Å². The van der Waals surface area contributed by atoms with Gasteiger partial charge in [-0.05, 0) is 86.1 Å². The van der Waals surface area contributed by atoms with E-state index in [0.29, 0.717) is 11.4 Å². The molecule has 0 spiro atoms. The summed E-state index contributed by atoms with van der Waals surface area (Å²) in [4.78, 5) is 13.5. The van der Waals surface area contributed by atoms with Crippen molar-refractivity contribution in [2.24, 2.45) is 0 Å². The Balaban J connectivity index is 1.40. The van der Waals surface area contributed by atoms with Crippen molar-refractivity contribution in [3.8, 4) is 5.75 Å². The van der Waals surface area contributed by atoms with E-state index in [1.807, 2.05) is 19.9 Å². The third-order valence-electron chi connectivity index (χ3n) is 6.84. The van der Waals surface area contributed by atoms with Gasteiger partial charge >= 0.3 is 0 Å². The van der Waals surface area contributed by atoms with E-state index in [0.717, 1.165) is 24.0 Å². The van der Waals surface area contributed by atoms with Crippen LogP contribution >= 0.6 is 0 Å². The molecule has 1 amide bonds. The number of ether oxygens (including phenoxy) is 1. The minimum atomic E-state index is -3.87. The van der Waals surface area contributed by atoms with Crippen molar-refractivity contribution in [2.45, 2.75) is 56.6 Å². The molecule has 35 heavy (non-hydrogen) atoms. The average molecular weight is 491 g/mol. The topological polar surface area (TPSA) is 75.7 Å². The van der Waals surface area contributed by atoms with Gasteiger partial charge in [-0.2, -0.15) is 0 Å². The van der Waals surface area contributed by atoms with Gasteiger partial charge in [0.2, 0.25) is 0 Å². The Morgan fingerprint density at radius 2 is 1.74 bits per heavy atom. The number of anilines is 1. The SMILES string of the molecule is Cc1ccc2c(c1)O[C@@H](C(=O)N[C@@H](C)c1ccc3c(c1)CCCC3)CN2S(=O)(=O)c1ccccc1. The van der Waals surface area contributed by atoms with Crippen LogP contribution in [0, 0.1) is 6.92 Å². The summed E-state index contributed by atoms with van der Waals surface area (Å²) in [7, 11) is -3.87. The number of hydrogen-bond donors (Lipinski definition) is 1. The maximum absolute atomic E-state index is 13.5. The second-order valence-corrected chi connectivity index (χ2v) is 11.3. The molecule has 0 saturated heterocycles. The molecule has 1 aliphatic heterocycles. The zero-order chi connectivity index (χ0) is 24.6. The van der Waals surface area contributed by atoms with E-state index in [1.165, 1.54) is 28.3 Å². The first-order chi connectivity index (χ1) is 16.8. The highest BCUT2D eigenvalue weighted by atomic mass is 32.2. The zero-order valence-electron chi connectivity index (χ0n) is 20.0. The average Bonchev–Trinajstić information content (AvgIpc) is 2.87. The smallest absolute Gasteiger partial charge is 0.264 e. The fourth-order valence-electron chi connectivity index (χ4n) is 4.86. The number of nitrogens with one attached hydrogen (secondary N) is 1. The van der Waals surface area contributed by atoms with Gasteiger partial charge in [0.1, 0.15) is 5.75 Å². The quantitative estimate of drug-likeness (QED) is 0.562. The van der Waals surface area contributed by atoms with E-state index in [-0.39, 0.29) is 23.4 Å². The van der Waals surface area contributed by atoms with Crippen LogP contribution in [0.25, 0.3) is 0 Å². The number of hydrogen-bond acceptors (Lipinski definition) is 4. The molecule has 182 valence electrons. The summed E-state index contributed by atoms with van der Waals surface area (Å²) in [6.07, 6.45) is 3.62. The fourth-order valence-corrected chi connectivity index (χ4v) is 6.35. The first-order valence-corrected chi connectivity index (χ1v) is 13.5. The normalized spacial score (nSPS) is 18.1. The van der Waals surface area contributed by atoms with Crippen LogP contribution < -0.4 is 14.4 Å². The number of benzene rings is 3. The monoisotopic (exact) mass is 490 g/mol. The van der Waals surface area contributed by atoms with E-state index < -0.39 is 16.1 Å². The van der Waals surface area contributed by atoms with Crippen LogP contribution in [0.5, 0.6) is 5.75 Å². The summed E-state index contributed by atoms with van der Waals surface area (Å²) in [6.45, 7) is 3.75. The lowest BCUT2D eigenvalue weighted by atomic mass is 9.89. The second-order valence-electron chi connectivity index (χ2n) is 9.39. The zero-order valence-corrected chi connectivity index (χ0v) is 20.8. The molecule has 1 aliphatic carbocycles. The van der Waals surface area contributed by atoms with Crippen LogP contribution in [0.3, 0.4) is 0 Å². The summed E-state index contributed by atoms with van der Waals surface area (Å²) in [6, 6.07) is 19.8. The van der Waals surface area contributed by atoms with Crippen LogP contribution in [0.1, 0.15) is 48.1 Å². The third kappa shape index (κ3) is 4.65. The number of nitrogens with zero attached hydrogens (tertiary/aromatic N) is 1. The minimum absolute atomic E-state index is 0.101. The number of rotatable bonds is 5. The van der Waals surface area contributed by atoms with Crippen molar-refractivity contribution in [3.05, 3.63) is 89.0 Å². The van der Waals surface area contributed by atoms with Crippen LogP contribution in [0.2, 0.25) is 0 Å². The van der Waals surface area contributed by atoms with E-state index in [1.54, 1.807) is 42.5 Å². The van der Waals surface area contributed by atoms with Gasteiger partial charge in [-0.1, -0.05) is 42.5 Å². The number of sulfonamides is 1. The molecule has 3 aromatic carbocycles. The van der Waals surface area contributed by atoms with Crippen LogP contribution in [0.4, 0.5) is 5.69 Å². The minimum Gasteiger partial charge on any atom is -0.476 e. The molecule has 1 N–H and O–H groups in total. The van der Waals surface area contributed by atoms with Gasteiger partial charge < -0.3 is 10.1 Å². The summed E-state index contributed by atoms with van der Waals surface area (Å²) >= 11 is 0. The summed E-state index contributed by atoms with van der Waals surface area (Å²) in [5, 5.41) is 3.04. The predicted molar refractivity (Wildman–Crippen MR) is 136 cm³/mol. The molecule has 0 radical (unpaired) electrons. The molecule has 7 heteroatoms. The molecular weight excluding hydrogens is 460 g/mol. The van der Waals surface area contributed by atoms with Crippen molar-refractivity contribution in [2.75, 3.05) is 10.8 Å². The van der Waals surface area contributed by atoms with Gasteiger partial charge in [0.25, 0.3) is 15.9 Å². The highest BCUT2D eigenvalue weighted by Gasteiger charge is 2.38. The fraction of sp³-hybridized carbons (Fsp3) is 0.321. The molecule has 6 nitrogen and oxygen atoms in total. The molecule has 0 unspecified atom stereocenters. The van der Waals surface area contributed by atoms with Crippen LogP contribution in [0.15, 0.2) is 71.6 Å². The third-order valence-corrected chi connectivity index (χ3v) is 8.63. The Morgan fingerprint density at radius 1 is 1.00 bits per heavy atom. The molecule has 1 heterocycles. The number of carbonyl (C=O) groups excluding carboxylic acids is 1. The highest BCUT2D eigenvalue weighted by molar-refractivity contribution is 7.92. The molecule has 2 aliphatic rings. The number of aryl methyl sites for hydroxylation is 3. The first kappa shape index (κ1) is 23.4. The van der Waals surface area contributed by atoms with E-state index >= 15 is 0 Å². The Labute approximate surface area is 207 Å². The van der Waals surface area contributed by atoms with Gasteiger partial charge in [-0.25, -0.2) is 8.42 Å². The van der Waals surface area contributed by atoms with Gasteiger partial charge in [0.05, 0.1) is 23.2 Å². The number of amides is 1. The van der Waals surface area contributed by atoms with Crippen molar-refractivity contribution < 1.29 is 17.9 Å². The molecule has 0 bridgehead atoms. The number of carbonyl (C=O) groups is 1. The molecule has 0 aromatic heterocycles. The first-order valence-electron chi connectivity index (χ1n) is 12.1. The Morgan fingerprint density at radius 3 is 2.51 bits per heavy atom. The van der Waals surface area contributed by atoms with Gasteiger partial charge in [0, 0.05) is 0 Å². The van der Waals surface area contributed by atoms with E-state index in [2.05, 4.69) is 23.5 Å².